The zero-order valence-corrected chi connectivity index (χ0v) is 18.5. The summed E-state index contributed by atoms with van der Waals surface area (Å²) in [6.07, 6.45) is 0.0497. The smallest absolute Gasteiger partial charge is 0.444 e. The second-order valence-electron chi connectivity index (χ2n) is 9.29. The maximum absolute atomic E-state index is 11.9. The third kappa shape index (κ3) is 6.75. The highest BCUT2D eigenvalue weighted by molar-refractivity contribution is 6.62. The fourth-order valence-electron chi connectivity index (χ4n) is 2.75. The van der Waals surface area contributed by atoms with Gasteiger partial charge >= 0.3 is 13.2 Å². The van der Waals surface area contributed by atoms with Crippen molar-refractivity contribution in [2.24, 2.45) is 0 Å². The van der Waals surface area contributed by atoms with E-state index in [0.29, 0.717) is 13.0 Å². The Morgan fingerprint density at radius 2 is 1.69 bits per heavy atom. The van der Waals surface area contributed by atoms with Crippen molar-refractivity contribution in [2.45, 2.75) is 71.7 Å². The molecular weight excluding hydrogens is 371 g/mol. The SMILES string of the molecule is CC(C)(C)OC(=O)NCC(=O)NCCc1cccc(B2OC(C)(C)C(C)(C)O2)c1. The zero-order valence-electron chi connectivity index (χ0n) is 18.5. The van der Waals surface area contributed by atoms with Crippen molar-refractivity contribution in [3.8, 4) is 0 Å². The van der Waals surface area contributed by atoms with Gasteiger partial charge in [-0.05, 0) is 65.9 Å². The molecule has 2 rings (SSSR count). The molecule has 0 unspecified atom stereocenters. The van der Waals surface area contributed by atoms with Crippen LogP contribution in [0.2, 0.25) is 0 Å². The van der Waals surface area contributed by atoms with Crippen LogP contribution in [0.15, 0.2) is 24.3 Å². The summed E-state index contributed by atoms with van der Waals surface area (Å²) in [6.45, 7) is 13.7. The molecule has 0 saturated carbocycles. The minimum absolute atomic E-state index is 0.122. The minimum atomic E-state index is -0.609. The van der Waals surface area contributed by atoms with Gasteiger partial charge in [0, 0.05) is 6.54 Å². The van der Waals surface area contributed by atoms with Gasteiger partial charge in [0.05, 0.1) is 17.7 Å². The largest absolute Gasteiger partial charge is 0.494 e. The lowest BCUT2D eigenvalue weighted by Gasteiger charge is -2.32. The highest BCUT2D eigenvalue weighted by Gasteiger charge is 2.51. The van der Waals surface area contributed by atoms with E-state index in [1.807, 2.05) is 52.0 Å². The second-order valence-corrected chi connectivity index (χ2v) is 9.29. The Morgan fingerprint density at radius 3 is 2.28 bits per heavy atom. The fraction of sp³-hybridized carbons (Fsp3) is 0.619. The topological polar surface area (TPSA) is 85.9 Å². The number of carbonyl (C=O) groups excluding carboxylic acids is 2. The minimum Gasteiger partial charge on any atom is -0.444 e. The third-order valence-corrected chi connectivity index (χ3v) is 5.00. The highest BCUT2D eigenvalue weighted by atomic mass is 16.7. The van der Waals surface area contributed by atoms with Gasteiger partial charge in [0.25, 0.3) is 0 Å². The number of benzene rings is 1. The summed E-state index contributed by atoms with van der Waals surface area (Å²) < 4.78 is 17.3. The lowest BCUT2D eigenvalue weighted by molar-refractivity contribution is -0.120. The third-order valence-electron chi connectivity index (χ3n) is 5.00. The van der Waals surface area contributed by atoms with Crippen LogP contribution >= 0.6 is 0 Å². The van der Waals surface area contributed by atoms with Gasteiger partial charge in [-0.1, -0.05) is 24.3 Å². The van der Waals surface area contributed by atoms with Crippen LogP contribution in [-0.4, -0.2) is 49.0 Å². The molecular formula is C21H33BN2O5. The van der Waals surface area contributed by atoms with Crippen molar-refractivity contribution in [2.75, 3.05) is 13.1 Å². The van der Waals surface area contributed by atoms with Crippen LogP contribution in [0, 0.1) is 0 Å². The molecule has 0 aliphatic carbocycles. The molecule has 0 spiro atoms. The highest BCUT2D eigenvalue weighted by Crippen LogP contribution is 2.36. The predicted molar refractivity (Wildman–Crippen MR) is 113 cm³/mol. The summed E-state index contributed by atoms with van der Waals surface area (Å²) in [4.78, 5) is 23.5. The maximum atomic E-state index is 11.9. The molecule has 0 bridgehead atoms. The quantitative estimate of drug-likeness (QED) is 0.710. The number of amides is 2. The van der Waals surface area contributed by atoms with Crippen molar-refractivity contribution in [3.05, 3.63) is 29.8 Å². The summed E-state index contributed by atoms with van der Waals surface area (Å²) in [6, 6.07) is 7.98. The molecule has 7 nitrogen and oxygen atoms in total. The van der Waals surface area contributed by atoms with E-state index in [1.165, 1.54) is 0 Å². The molecule has 8 heteroatoms. The van der Waals surface area contributed by atoms with Crippen LogP contribution in [-0.2, 0) is 25.3 Å². The van der Waals surface area contributed by atoms with Crippen molar-refractivity contribution >= 4 is 24.6 Å². The monoisotopic (exact) mass is 404 g/mol. The first-order valence-corrected chi connectivity index (χ1v) is 9.97. The molecule has 1 heterocycles. The molecule has 2 amide bonds. The van der Waals surface area contributed by atoms with Crippen LogP contribution in [0.4, 0.5) is 4.79 Å². The first-order valence-electron chi connectivity index (χ1n) is 9.97. The first kappa shape index (κ1) is 23.2. The Labute approximate surface area is 174 Å². The Morgan fingerprint density at radius 1 is 1.07 bits per heavy atom. The molecule has 29 heavy (non-hydrogen) atoms. The van der Waals surface area contributed by atoms with Crippen LogP contribution in [0.5, 0.6) is 0 Å². The van der Waals surface area contributed by atoms with Gasteiger partial charge in [-0.2, -0.15) is 0 Å². The van der Waals surface area contributed by atoms with E-state index in [2.05, 4.69) is 10.6 Å². The van der Waals surface area contributed by atoms with E-state index in [0.717, 1.165) is 11.0 Å². The Kier molecular flexibility index (Phi) is 7.01. The molecule has 0 radical (unpaired) electrons. The number of nitrogens with one attached hydrogen (secondary N) is 2. The molecule has 1 aromatic carbocycles. The number of rotatable bonds is 6. The summed E-state index contributed by atoms with van der Waals surface area (Å²) in [5.41, 5.74) is 0.658. The van der Waals surface area contributed by atoms with Gasteiger partial charge < -0.3 is 24.7 Å². The molecule has 1 aromatic rings. The summed E-state index contributed by atoms with van der Waals surface area (Å²) in [7, 11) is -0.410. The van der Waals surface area contributed by atoms with Crippen molar-refractivity contribution in [3.63, 3.8) is 0 Å². The Balaban J connectivity index is 1.80. The van der Waals surface area contributed by atoms with Gasteiger partial charge in [-0.3, -0.25) is 4.79 Å². The molecule has 1 aliphatic rings. The number of hydrogen-bond donors (Lipinski definition) is 2. The molecule has 1 saturated heterocycles. The van der Waals surface area contributed by atoms with Crippen LogP contribution in [0.25, 0.3) is 0 Å². The van der Waals surface area contributed by atoms with E-state index in [1.54, 1.807) is 20.8 Å². The fourth-order valence-corrected chi connectivity index (χ4v) is 2.75. The standard InChI is InChI=1S/C21H33BN2O5/c1-19(2,3)27-18(26)24-14-17(25)23-12-11-15-9-8-10-16(13-15)22-28-20(4,5)21(6,7)29-22/h8-10,13H,11-12,14H2,1-7H3,(H,23,25)(H,24,26). The normalized spacial score (nSPS) is 17.7. The average molecular weight is 404 g/mol. The van der Waals surface area contributed by atoms with E-state index in [-0.39, 0.29) is 23.7 Å². The van der Waals surface area contributed by atoms with Crippen molar-refractivity contribution in [1.29, 1.82) is 0 Å². The Bertz CT molecular complexity index is 727. The number of hydrogen-bond acceptors (Lipinski definition) is 5. The molecule has 0 atom stereocenters. The van der Waals surface area contributed by atoms with Crippen LogP contribution < -0.4 is 16.1 Å². The summed E-state index contributed by atoms with van der Waals surface area (Å²) in [5, 5.41) is 5.24. The van der Waals surface area contributed by atoms with E-state index in [4.69, 9.17) is 14.0 Å². The van der Waals surface area contributed by atoms with Crippen LogP contribution in [0.1, 0.15) is 54.0 Å². The number of carbonyl (C=O) groups is 2. The predicted octanol–water partition coefficient (Wildman–Crippen LogP) is 2.17. The summed E-state index contributed by atoms with van der Waals surface area (Å²) >= 11 is 0. The van der Waals surface area contributed by atoms with Gasteiger partial charge in [-0.15, -0.1) is 0 Å². The number of ether oxygens (including phenoxy) is 1. The van der Waals surface area contributed by atoms with E-state index < -0.39 is 18.8 Å². The Hall–Kier alpha value is -2.06. The molecule has 2 N–H and O–H groups in total. The molecule has 0 aromatic heterocycles. The lowest BCUT2D eigenvalue weighted by atomic mass is 9.78. The molecule has 1 fully saturated rings. The summed E-state index contributed by atoms with van der Waals surface area (Å²) in [5.74, 6) is -0.266. The lowest BCUT2D eigenvalue weighted by Crippen LogP contribution is -2.41. The molecule has 160 valence electrons. The average Bonchev–Trinajstić information content (AvgIpc) is 2.80. The van der Waals surface area contributed by atoms with E-state index >= 15 is 0 Å². The first-order chi connectivity index (χ1) is 13.3. The van der Waals surface area contributed by atoms with Gasteiger partial charge in [0.2, 0.25) is 5.91 Å². The zero-order chi connectivity index (χ0) is 21.9. The maximum Gasteiger partial charge on any atom is 0.494 e. The second kappa shape index (κ2) is 8.75. The van der Waals surface area contributed by atoms with Gasteiger partial charge in [-0.25, -0.2) is 4.79 Å². The number of alkyl carbamates (subject to hydrolysis) is 1. The van der Waals surface area contributed by atoms with Gasteiger partial charge in [0.15, 0.2) is 0 Å². The van der Waals surface area contributed by atoms with Gasteiger partial charge in [0.1, 0.15) is 5.60 Å². The van der Waals surface area contributed by atoms with Crippen LogP contribution in [0.3, 0.4) is 0 Å². The molecule has 1 aliphatic heterocycles. The van der Waals surface area contributed by atoms with E-state index in [9.17, 15) is 9.59 Å². The van der Waals surface area contributed by atoms with Crippen molar-refractivity contribution in [1.82, 2.24) is 10.6 Å². The van der Waals surface area contributed by atoms with Crippen molar-refractivity contribution < 1.29 is 23.6 Å².